The van der Waals surface area contributed by atoms with Crippen LogP contribution in [0, 0.1) is 0 Å². The third-order valence-corrected chi connectivity index (χ3v) is 5.45. The van der Waals surface area contributed by atoms with Crippen molar-refractivity contribution in [1.82, 2.24) is 19.3 Å². The van der Waals surface area contributed by atoms with Crippen LogP contribution in [0.2, 0.25) is 0 Å². The molecule has 1 N–H and O–H groups in total. The van der Waals surface area contributed by atoms with Gasteiger partial charge in [-0.1, -0.05) is 30.8 Å². The largest absolute Gasteiger partial charge is 0.354 e. The summed E-state index contributed by atoms with van der Waals surface area (Å²) in [5.41, 5.74) is 3.25. The maximum atomic E-state index is 12.3. The molecule has 0 aliphatic heterocycles. The lowest BCUT2D eigenvalue weighted by molar-refractivity contribution is -0.113. The molecule has 0 spiro atoms. The molecule has 142 valence electrons. The minimum atomic E-state index is -0.0427. The van der Waals surface area contributed by atoms with Crippen LogP contribution in [-0.4, -0.2) is 31.0 Å². The van der Waals surface area contributed by atoms with Crippen molar-refractivity contribution in [3.05, 3.63) is 59.7 Å². The van der Waals surface area contributed by atoms with E-state index in [1.54, 1.807) is 0 Å². The van der Waals surface area contributed by atoms with Crippen LogP contribution in [-0.2, 0) is 31.2 Å². The Morgan fingerprint density at radius 1 is 1.15 bits per heavy atom. The molecule has 7 heteroatoms. The second-order valence-electron chi connectivity index (χ2n) is 6.32. The summed E-state index contributed by atoms with van der Waals surface area (Å²) in [7, 11) is 2.02. The van der Waals surface area contributed by atoms with Crippen LogP contribution < -0.4 is 5.32 Å². The average Bonchev–Trinajstić information content (AvgIpc) is 3.26. The van der Waals surface area contributed by atoms with Gasteiger partial charge in [-0.2, -0.15) is 0 Å². The normalized spacial score (nSPS) is 10.9. The number of anilines is 1. The molecule has 0 bridgehead atoms. The van der Waals surface area contributed by atoms with Gasteiger partial charge in [0, 0.05) is 37.6 Å². The Kier molecular flexibility index (Phi) is 6.34. The van der Waals surface area contributed by atoms with E-state index in [0.717, 1.165) is 36.1 Å². The van der Waals surface area contributed by atoms with Crippen LogP contribution in [0.15, 0.2) is 47.8 Å². The first-order valence-corrected chi connectivity index (χ1v) is 10.1. The maximum Gasteiger partial charge on any atom is 0.234 e. The van der Waals surface area contributed by atoms with Gasteiger partial charge in [-0.25, -0.2) is 0 Å². The Labute approximate surface area is 164 Å². The molecule has 3 aromatic rings. The second-order valence-corrected chi connectivity index (χ2v) is 7.26. The van der Waals surface area contributed by atoms with Crippen molar-refractivity contribution in [2.45, 2.75) is 38.4 Å². The zero-order valence-electron chi connectivity index (χ0n) is 16.0. The molecule has 0 saturated carbocycles. The number of rotatable bonds is 8. The fourth-order valence-electron chi connectivity index (χ4n) is 2.87. The molecule has 2 heterocycles. The number of hydrogen-bond acceptors (Lipinski definition) is 4. The average molecular weight is 384 g/mol. The molecule has 0 atom stereocenters. The first-order valence-electron chi connectivity index (χ1n) is 9.14. The monoisotopic (exact) mass is 383 g/mol. The lowest BCUT2D eigenvalue weighted by atomic mass is 10.1. The quantitative estimate of drug-likeness (QED) is 0.605. The highest BCUT2D eigenvalue weighted by Crippen LogP contribution is 2.19. The predicted molar refractivity (Wildman–Crippen MR) is 109 cm³/mol. The van der Waals surface area contributed by atoms with E-state index < -0.39 is 0 Å². The minimum Gasteiger partial charge on any atom is -0.354 e. The SMILES string of the molecule is CCc1ccc(NC(=O)CSc2nnc(Cc3cccn3C)n2CC)cc1. The molecular formula is C20H25N5OS. The maximum absolute atomic E-state index is 12.3. The summed E-state index contributed by atoms with van der Waals surface area (Å²) >= 11 is 1.41. The van der Waals surface area contributed by atoms with E-state index in [4.69, 9.17) is 0 Å². The fraction of sp³-hybridized carbons (Fsp3) is 0.350. The number of nitrogens with one attached hydrogen (secondary N) is 1. The highest BCUT2D eigenvalue weighted by Gasteiger charge is 2.14. The van der Waals surface area contributed by atoms with Crippen molar-refractivity contribution in [1.29, 1.82) is 0 Å². The first-order chi connectivity index (χ1) is 13.1. The Morgan fingerprint density at radius 3 is 2.56 bits per heavy atom. The van der Waals surface area contributed by atoms with Crippen LogP contribution in [0.3, 0.4) is 0 Å². The Balaban J connectivity index is 1.60. The molecule has 0 fully saturated rings. The summed E-state index contributed by atoms with van der Waals surface area (Å²) in [6.07, 6.45) is 3.73. The van der Waals surface area contributed by atoms with Crippen molar-refractivity contribution >= 4 is 23.4 Å². The van der Waals surface area contributed by atoms with Gasteiger partial charge in [0.2, 0.25) is 5.91 Å². The lowest BCUT2D eigenvalue weighted by Crippen LogP contribution is -2.14. The van der Waals surface area contributed by atoms with Gasteiger partial charge < -0.3 is 14.5 Å². The van der Waals surface area contributed by atoms with E-state index in [-0.39, 0.29) is 5.91 Å². The number of carbonyl (C=O) groups excluding carboxylic acids is 1. The zero-order chi connectivity index (χ0) is 19.2. The summed E-state index contributed by atoms with van der Waals surface area (Å²) in [6, 6.07) is 12.0. The highest BCUT2D eigenvalue weighted by atomic mass is 32.2. The van der Waals surface area contributed by atoms with Gasteiger partial charge in [-0.05, 0) is 43.2 Å². The molecule has 0 saturated heterocycles. The minimum absolute atomic E-state index is 0.0427. The molecule has 1 amide bonds. The van der Waals surface area contributed by atoms with Crippen LogP contribution >= 0.6 is 11.8 Å². The number of carbonyl (C=O) groups is 1. The molecule has 0 aliphatic carbocycles. The Morgan fingerprint density at radius 2 is 1.93 bits per heavy atom. The summed E-state index contributed by atoms with van der Waals surface area (Å²) in [5, 5.41) is 12.3. The second kappa shape index (κ2) is 8.90. The van der Waals surface area contributed by atoms with Crippen molar-refractivity contribution in [3.8, 4) is 0 Å². The van der Waals surface area contributed by atoms with Gasteiger partial charge >= 0.3 is 0 Å². The Bertz CT molecular complexity index is 897. The van der Waals surface area contributed by atoms with E-state index in [1.807, 2.05) is 43.6 Å². The smallest absolute Gasteiger partial charge is 0.234 e. The van der Waals surface area contributed by atoms with Gasteiger partial charge in [-0.3, -0.25) is 4.79 Å². The third-order valence-electron chi connectivity index (χ3n) is 4.48. The Hall–Kier alpha value is -2.54. The number of hydrogen-bond donors (Lipinski definition) is 1. The number of thioether (sulfide) groups is 1. The lowest BCUT2D eigenvalue weighted by Gasteiger charge is -2.08. The first kappa shape index (κ1) is 19.2. The number of amides is 1. The number of aryl methyl sites for hydroxylation is 2. The van der Waals surface area contributed by atoms with Crippen LogP contribution in [0.4, 0.5) is 5.69 Å². The van der Waals surface area contributed by atoms with Crippen molar-refractivity contribution in [2.24, 2.45) is 7.05 Å². The summed E-state index contributed by atoms with van der Waals surface area (Å²) in [6.45, 7) is 4.95. The van der Waals surface area contributed by atoms with E-state index in [0.29, 0.717) is 5.75 Å². The topological polar surface area (TPSA) is 64.7 Å². The summed E-state index contributed by atoms with van der Waals surface area (Å²) in [4.78, 5) is 12.3. The zero-order valence-corrected chi connectivity index (χ0v) is 16.8. The van der Waals surface area contributed by atoms with Gasteiger partial charge in [0.1, 0.15) is 5.82 Å². The molecule has 2 aromatic heterocycles. The van der Waals surface area contributed by atoms with Gasteiger partial charge in [-0.15, -0.1) is 10.2 Å². The van der Waals surface area contributed by atoms with Crippen LogP contribution in [0.1, 0.15) is 30.9 Å². The molecule has 1 aromatic carbocycles. The number of nitrogens with zero attached hydrogens (tertiary/aromatic N) is 4. The molecule has 6 nitrogen and oxygen atoms in total. The van der Waals surface area contributed by atoms with E-state index in [2.05, 4.69) is 44.6 Å². The third kappa shape index (κ3) is 4.80. The van der Waals surface area contributed by atoms with Crippen LogP contribution in [0.5, 0.6) is 0 Å². The van der Waals surface area contributed by atoms with Gasteiger partial charge in [0.15, 0.2) is 5.16 Å². The van der Waals surface area contributed by atoms with Crippen LogP contribution in [0.25, 0.3) is 0 Å². The van der Waals surface area contributed by atoms with Gasteiger partial charge in [0.25, 0.3) is 0 Å². The van der Waals surface area contributed by atoms with Gasteiger partial charge in [0.05, 0.1) is 5.75 Å². The van der Waals surface area contributed by atoms with E-state index in [9.17, 15) is 4.79 Å². The molecule has 0 aliphatic rings. The standard InChI is InChI=1S/C20H25N5OS/c1-4-15-8-10-16(11-9-15)21-19(26)14-27-20-23-22-18(25(20)5-2)13-17-7-6-12-24(17)3/h6-12H,4-5,13-14H2,1-3H3,(H,21,26). The molecule has 27 heavy (non-hydrogen) atoms. The number of aromatic nitrogens is 4. The molecule has 0 radical (unpaired) electrons. The number of benzene rings is 1. The summed E-state index contributed by atoms with van der Waals surface area (Å²) in [5.74, 6) is 1.17. The van der Waals surface area contributed by atoms with E-state index in [1.165, 1.54) is 23.0 Å². The summed E-state index contributed by atoms with van der Waals surface area (Å²) < 4.78 is 4.15. The van der Waals surface area contributed by atoms with Crippen molar-refractivity contribution in [3.63, 3.8) is 0 Å². The van der Waals surface area contributed by atoms with Crippen molar-refractivity contribution < 1.29 is 4.79 Å². The molecule has 3 rings (SSSR count). The van der Waals surface area contributed by atoms with Crippen molar-refractivity contribution in [2.75, 3.05) is 11.1 Å². The predicted octanol–water partition coefficient (Wildman–Crippen LogP) is 3.52. The highest BCUT2D eigenvalue weighted by molar-refractivity contribution is 7.99. The molecule has 0 unspecified atom stereocenters. The fourth-order valence-corrected chi connectivity index (χ4v) is 3.69. The molecular weight excluding hydrogens is 358 g/mol. The van der Waals surface area contributed by atoms with E-state index >= 15 is 0 Å².